The van der Waals surface area contributed by atoms with Crippen molar-refractivity contribution in [3.63, 3.8) is 0 Å². The van der Waals surface area contributed by atoms with Crippen molar-refractivity contribution in [1.29, 1.82) is 5.41 Å². The summed E-state index contributed by atoms with van der Waals surface area (Å²) in [4.78, 5) is 15.9. The van der Waals surface area contributed by atoms with Crippen LogP contribution in [-0.2, 0) is 0 Å². The summed E-state index contributed by atoms with van der Waals surface area (Å²) in [6.45, 7) is 0. The lowest BCUT2D eigenvalue weighted by Gasteiger charge is -2.08. The largest absolute Gasteiger partial charge is 0.370 e. The normalized spacial score (nSPS) is 10.1. The van der Waals surface area contributed by atoms with E-state index in [1.807, 2.05) is 24.3 Å². The van der Waals surface area contributed by atoms with Crippen molar-refractivity contribution in [2.75, 3.05) is 14.1 Å². The van der Waals surface area contributed by atoms with Gasteiger partial charge in [-0.15, -0.1) is 12.4 Å². The number of nitrogens with one attached hydrogen (secondary N) is 2. The van der Waals surface area contributed by atoms with E-state index in [1.165, 1.54) is 0 Å². The van der Waals surface area contributed by atoms with Gasteiger partial charge in [-0.1, -0.05) is 12.1 Å². The molecule has 0 radical (unpaired) electrons. The summed E-state index contributed by atoms with van der Waals surface area (Å²) >= 11 is 0. The zero-order valence-corrected chi connectivity index (χ0v) is 13.6. The van der Waals surface area contributed by atoms with Gasteiger partial charge in [-0.05, 0) is 12.1 Å². The molecule has 10 nitrogen and oxygen atoms in total. The average Bonchev–Trinajstić information content (AvgIpc) is 2.79. The van der Waals surface area contributed by atoms with Crippen LogP contribution in [-0.4, -0.2) is 46.8 Å². The van der Waals surface area contributed by atoms with E-state index in [2.05, 4.69) is 20.0 Å². The molecule has 11 heteroatoms. The van der Waals surface area contributed by atoms with E-state index >= 15 is 0 Å². The first-order chi connectivity index (χ1) is 10.3. The van der Waals surface area contributed by atoms with E-state index in [1.54, 1.807) is 19.0 Å². The number of nitrogens with two attached hydrogens (primary N) is 4. The highest BCUT2D eigenvalue weighted by molar-refractivity contribution is 5.91. The lowest BCUT2D eigenvalue weighted by molar-refractivity contribution is 0.615. The fourth-order valence-electron chi connectivity index (χ4n) is 1.34. The summed E-state index contributed by atoms with van der Waals surface area (Å²) in [5.74, 6) is 0.393. The molecule has 23 heavy (non-hydrogen) atoms. The van der Waals surface area contributed by atoms with Crippen LogP contribution in [0.3, 0.4) is 0 Å². The molecule has 0 atom stereocenters. The van der Waals surface area contributed by atoms with Crippen molar-refractivity contribution >= 4 is 47.3 Å². The minimum absolute atomic E-state index is 0. The Hall–Kier alpha value is -3.01. The van der Waals surface area contributed by atoms with Gasteiger partial charge in [0.2, 0.25) is 11.9 Å². The third-order valence-electron chi connectivity index (χ3n) is 2.31. The van der Waals surface area contributed by atoms with Gasteiger partial charge in [0.25, 0.3) is 0 Å². The topological polar surface area (TPSA) is 185 Å². The molecule has 2 rings (SSSR count). The van der Waals surface area contributed by atoms with Crippen LogP contribution in [0.5, 0.6) is 0 Å². The number of guanidine groups is 3. The number of rotatable bonds is 1. The Kier molecular flexibility index (Phi) is 7.91. The molecule has 0 aliphatic heterocycles. The summed E-state index contributed by atoms with van der Waals surface area (Å²) in [6.07, 6.45) is 0. The Labute approximate surface area is 139 Å². The summed E-state index contributed by atoms with van der Waals surface area (Å²) in [7, 11) is 3.45. The molecule has 0 fully saturated rings. The number of hydrogen-bond donors (Lipinski definition) is 6. The number of aromatic amines is 1. The highest BCUT2D eigenvalue weighted by atomic mass is 35.5. The van der Waals surface area contributed by atoms with Crippen LogP contribution in [0.2, 0.25) is 0 Å². The number of para-hydroxylation sites is 2. The summed E-state index contributed by atoms with van der Waals surface area (Å²) in [6, 6.07) is 7.62. The summed E-state index contributed by atoms with van der Waals surface area (Å²) in [5.41, 5.74) is 22.4. The molecule has 10 N–H and O–H groups in total. The molecule has 2 aromatic rings. The number of benzene rings is 1. The number of nitrogens with zero attached hydrogens (tertiary/aromatic N) is 4. The van der Waals surface area contributed by atoms with Crippen LogP contribution in [0.25, 0.3) is 11.0 Å². The van der Waals surface area contributed by atoms with Gasteiger partial charge in [0.15, 0.2) is 11.9 Å². The maximum atomic E-state index is 6.70. The Balaban J connectivity index is 0.000000434. The Morgan fingerprint density at radius 3 is 2.22 bits per heavy atom. The fourth-order valence-corrected chi connectivity index (χ4v) is 1.34. The van der Waals surface area contributed by atoms with E-state index in [-0.39, 0.29) is 30.3 Å². The molecule has 0 spiro atoms. The van der Waals surface area contributed by atoms with Gasteiger partial charge >= 0.3 is 0 Å². The average molecular weight is 341 g/mol. The number of hydrogen-bond acceptors (Lipinski definition) is 3. The molecular formula is C12H21ClN10. The molecule has 0 bridgehead atoms. The molecule has 126 valence electrons. The van der Waals surface area contributed by atoms with Gasteiger partial charge in [0.05, 0.1) is 11.0 Å². The maximum absolute atomic E-state index is 6.70. The number of aliphatic imine (C=N–C) groups is 2. The van der Waals surface area contributed by atoms with Gasteiger partial charge in [-0.2, -0.15) is 9.98 Å². The van der Waals surface area contributed by atoms with Crippen LogP contribution in [0.1, 0.15) is 0 Å². The maximum Gasteiger partial charge on any atom is 0.231 e. The van der Waals surface area contributed by atoms with Crippen LogP contribution in [0.15, 0.2) is 34.3 Å². The SMILES string of the molecule is CN(C)C(N)=NC(=N)N.Cl.NC(N)=Nc1nc2ccccc2[nH]1. The second-order valence-corrected chi connectivity index (χ2v) is 4.36. The number of halogens is 1. The van der Waals surface area contributed by atoms with Gasteiger partial charge < -0.3 is 32.8 Å². The third-order valence-corrected chi connectivity index (χ3v) is 2.31. The van der Waals surface area contributed by atoms with Crippen molar-refractivity contribution in [3.05, 3.63) is 24.3 Å². The van der Waals surface area contributed by atoms with E-state index in [0.717, 1.165) is 11.0 Å². The standard InChI is InChI=1S/C8H9N5.C4H11N5.ClH/c9-7(10)13-8-11-5-3-1-2-4-6(5)12-8;1-9(2)4(7)8-3(5)6;/h1-4H,(H5,9,10,11,12,13);1-2H3,(H5,5,6,7,8);1H. The number of H-pyrrole nitrogens is 1. The van der Waals surface area contributed by atoms with Crippen LogP contribution >= 0.6 is 12.4 Å². The first kappa shape index (κ1) is 20.0. The lowest BCUT2D eigenvalue weighted by atomic mass is 10.3. The van der Waals surface area contributed by atoms with Gasteiger partial charge in [0, 0.05) is 14.1 Å². The smallest absolute Gasteiger partial charge is 0.231 e. The Morgan fingerprint density at radius 2 is 1.78 bits per heavy atom. The molecule has 1 heterocycles. The zero-order chi connectivity index (χ0) is 16.7. The van der Waals surface area contributed by atoms with Crippen molar-refractivity contribution in [1.82, 2.24) is 14.9 Å². The molecular weight excluding hydrogens is 320 g/mol. The van der Waals surface area contributed by atoms with Gasteiger partial charge in [-0.3, -0.25) is 5.41 Å². The van der Waals surface area contributed by atoms with E-state index in [4.69, 9.17) is 28.3 Å². The summed E-state index contributed by atoms with van der Waals surface area (Å²) < 4.78 is 0. The van der Waals surface area contributed by atoms with Gasteiger partial charge in [0.1, 0.15) is 0 Å². The third kappa shape index (κ3) is 7.00. The first-order valence-corrected chi connectivity index (χ1v) is 6.19. The van der Waals surface area contributed by atoms with Crippen molar-refractivity contribution < 1.29 is 0 Å². The van der Waals surface area contributed by atoms with E-state index < -0.39 is 0 Å². The molecule has 0 aliphatic carbocycles. The second kappa shape index (κ2) is 9.10. The molecule has 0 saturated carbocycles. The van der Waals surface area contributed by atoms with E-state index in [0.29, 0.717) is 5.95 Å². The molecule has 0 saturated heterocycles. The summed E-state index contributed by atoms with van der Waals surface area (Å²) in [5, 5.41) is 6.70. The molecule has 0 unspecified atom stereocenters. The van der Waals surface area contributed by atoms with Crippen LogP contribution < -0.4 is 22.9 Å². The van der Waals surface area contributed by atoms with Crippen molar-refractivity contribution in [2.45, 2.75) is 0 Å². The number of fused-ring (bicyclic) bond motifs is 1. The van der Waals surface area contributed by atoms with Crippen molar-refractivity contribution in [3.8, 4) is 0 Å². The first-order valence-electron chi connectivity index (χ1n) is 6.19. The molecule has 0 amide bonds. The van der Waals surface area contributed by atoms with Crippen LogP contribution in [0.4, 0.5) is 5.95 Å². The molecule has 1 aromatic heterocycles. The molecule has 1 aromatic carbocycles. The Bertz CT molecular complexity index is 666. The minimum Gasteiger partial charge on any atom is -0.370 e. The Morgan fingerprint density at radius 1 is 1.17 bits per heavy atom. The van der Waals surface area contributed by atoms with Gasteiger partial charge in [-0.25, -0.2) is 4.98 Å². The minimum atomic E-state index is -0.277. The monoisotopic (exact) mass is 340 g/mol. The highest BCUT2D eigenvalue weighted by Gasteiger charge is 1.99. The van der Waals surface area contributed by atoms with E-state index in [9.17, 15) is 0 Å². The highest BCUT2D eigenvalue weighted by Crippen LogP contribution is 2.14. The van der Waals surface area contributed by atoms with Crippen molar-refractivity contribution in [2.24, 2.45) is 32.9 Å². The quantitative estimate of drug-likeness (QED) is 0.304. The predicted molar refractivity (Wildman–Crippen MR) is 96.0 cm³/mol. The zero-order valence-electron chi connectivity index (χ0n) is 12.8. The van der Waals surface area contributed by atoms with Crippen LogP contribution in [0, 0.1) is 5.41 Å². The lowest BCUT2D eigenvalue weighted by Crippen LogP contribution is -2.32. The fraction of sp³-hybridized carbons (Fsp3) is 0.167. The predicted octanol–water partition coefficient (Wildman–Crippen LogP) is -0.354. The molecule has 0 aliphatic rings. The second-order valence-electron chi connectivity index (χ2n) is 4.36. The number of aromatic nitrogens is 2. The number of imidazole rings is 1.